The fourth-order valence-electron chi connectivity index (χ4n) is 2.52. The number of nitriles is 1. The van der Waals surface area contributed by atoms with E-state index < -0.39 is 10.8 Å². The van der Waals surface area contributed by atoms with Gasteiger partial charge in [0.25, 0.3) is 11.6 Å². The van der Waals surface area contributed by atoms with E-state index in [4.69, 9.17) is 9.15 Å². The first-order valence-electron chi connectivity index (χ1n) is 8.42. The van der Waals surface area contributed by atoms with Gasteiger partial charge in [-0.2, -0.15) is 5.26 Å². The summed E-state index contributed by atoms with van der Waals surface area (Å²) in [5.74, 6) is 0.741. The summed E-state index contributed by atoms with van der Waals surface area (Å²) >= 11 is 0. The average Bonchev–Trinajstić information content (AvgIpc) is 3.20. The third-order valence-corrected chi connectivity index (χ3v) is 3.97. The molecule has 0 saturated carbocycles. The second-order valence-electron chi connectivity index (χ2n) is 5.86. The quantitative estimate of drug-likeness (QED) is 0.289. The first kappa shape index (κ1) is 19.4. The minimum atomic E-state index is -0.589. The Morgan fingerprint density at radius 1 is 1.21 bits per heavy atom. The summed E-state index contributed by atoms with van der Waals surface area (Å²) in [7, 11) is 1.51. The van der Waals surface area contributed by atoms with E-state index in [9.17, 15) is 20.2 Å². The number of carbonyl (C=O) groups excluding carboxylic acids is 1. The Hall–Kier alpha value is -4.38. The molecule has 2 aromatic carbocycles. The summed E-state index contributed by atoms with van der Waals surface area (Å²) in [5, 5.41) is 22.7. The second-order valence-corrected chi connectivity index (χ2v) is 5.86. The number of non-ortho nitro benzene ring substituents is 1. The lowest BCUT2D eigenvalue weighted by Crippen LogP contribution is -2.13. The van der Waals surface area contributed by atoms with Crippen molar-refractivity contribution in [3.8, 4) is 23.1 Å². The third kappa shape index (κ3) is 4.67. The van der Waals surface area contributed by atoms with Gasteiger partial charge in [0, 0.05) is 35.5 Å². The number of nitro benzene ring substituents is 1. The van der Waals surface area contributed by atoms with E-state index >= 15 is 0 Å². The number of amides is 1. The Balaban J connectivity index is 1.78. The molecule has 8 nitrogen and oxygen atoms in total. The van der Waals surface area contributed by atoms with Crippen LogP contribution in [0.25, 0.3) is 17.4 Å². The summed E-state index contributed by atoms with van der Waals surface area (Å²) in [6.45, 7) is 0. The van der Waals surface area contributed by atoms with Gasteiger partial charge in [-0.05, 0) is 36.4 Å². The highest BCUT2D eigenvalue weighted by atomic mass is 16.6. The molecule has 1 amide bonds. The van der Waals surface area contributed by atoms with Crippen molar-refractivity contribution in [1.82, 2.24) is 0 Å². The maximum Gasteiger partial charge on any atom is 0.269 e. The highest BCUT2D eigenvalue weighted by Crippen LogP contribution is 2.25. The second kappa shape index (κ2) is 8.54. The number of carbonyl (C=O) groups is 1. The zero-order valence-corrected chi connectivity index (χ0v) is 15.3. The molecular weight excluding hydrogens is 374 g/mol. The molecule has 144 valence electrons. The predicted molar refractivity (Wildman–Crippen MR) is 106 cm³/mol. The first-order chi connectivity index (χ1) is 14.0. The van der Waals surface area contributed by atoms with E-state index in [1.54, 1.807) is 48.5 Å². The van der Waals surface area contributed by atoms with Gasteiger partial charge in [-0.15, -0.1) is 0 Å². The molecule has 1 heterocycles. The fraction of sp³-hybridized carbons (Fsp3) is 0.0476. The summed E-state index contributed by atoms with van der Waals surface area (Å²) < 4.78 is 10.7. The van der Waals surface area contributed by atoms with Gasteiger partial charge in [0.05, 0.1) is 12.0 Å². The predicted octanol–water partition coefficient (Wildman–Crippen LogP) is 4.41. The Morgan fingerprint density at radius 3 is 2.62 bits per heavy atom. The van der Waals surface area contributed by atoms with Crippen LogP contribution in [-0.2, 0) is 4.79 Å². The Morgan fingerprint density at radius 2 is 1.97 bits per heavy atom. The SMILES string of the molecule is COc1cccc(NC(=O)/C(C#N)=C/c2ccc(-c3ccc([N+](=O)[O-])cc3)o2)c1. The maximum absolute atomic E-state index is 12.4. The topological polar surface area (TPSA) is 118 Å². The Bertz CT molecular complexity index is 1120. The van der Waals surface area contributed by atoms with Crippen molar-refractivity contribution in [3.05, 3.63) is 82.1 Å². The van der Waals surface area contributed by atoms with E-state index in [0.29, 0.717) is 28.5 Å². The number of methoxy groups -OCH3 is 1. The van der Waals surface area contributed by atoms with E-state index in [1.165, 1.54) is 25.3 Å². The molecule has 29 heavy (non-hydrogen) atoms. The van der Waals surface area contributed by atoms with Gasteiger partial charge < -0.3 is 14.5 Å². The van der Waals surface area contributed by atoms with Crippen LogP contribution >= 0.6 is 0 Å². The number of rotatable bonds is 6. The molecule has 0 spiro atoms. The van der Waals surface area contributed by atoms with Gasteiger partial charge >= 0.3 is 0 Å². The molecule has 0 fully saturated rings. The monoisotopic (exact) mass is 389 g/mol. The molecule has 0 atom stereocenters. The number of nitrogens with zero attached hydrogens (tertiary/aromatic N) is 2. The lowest BCUT2D eigenvalue weighted by molar-refractivity contribution is -0.384. The highest BCUT2D eigenvalue weighted by molar-refractivity contribution is 6.09. The number of hydrogen-bond donors (Lipinski definition) is 1. The number of benzene rings is 2. The Labute approximate surface area is 165 Å². The molecule has 3 rings (SSSR count). The van der Waals surface area contributed by atoms with Crippen LogP contribution in [0.3, 0.4) is 0 Å². The van der Waals surface area contributed by atoms with Crippen LogP contribution in [0.5, 0.6) is 5.75 Å². The third-order valence-electron chi connectivity index (χ3n) is 3.97. The number of nitrogens with one attached hydrogen (secondary N) is 1. The van der Waals surface area contributed by atoms with Crippen LogP contribution in [0.15, 0.2) is 70.7 Å². The van der Waals surface area contributed by atoms with E-state index in [0.717, 1.165) is 0 Å². The zero-order valence-electron chi connectivity index (χ0n) is 15.3. The van der Waals surface area contributed by atoms with Crippen LogP contribution in [0.4, 0.5) is 11.4 Å². The van der Waals surface area contributed by atoms with Crippen molar-refractivity contribution in [2.45, 2.75) is 0 Å². The number of furan rings is 1. The summed E-state index contributed by atoms with van der Waals surface area (Å²) in [6, 6.07) is 17.7. The molecule has 1 aromatic heterocycles. The standard InChI is InChI=1S/C21H15N3O5/c1-28-18-4-2-3-16(12-18)23-21(25)15(13-22)11-19-9-10-20(29-19)14-5-7-17(8-6-14)24(26)27/h2-12H,1H3,(H,23,25)/b15-11+. The van der Waals surface area contributed by atoms with Gasteiger partial charge in [-0.1, -0.05) is 6.07 Å². The van der Waals surface area contributed by atoms with Crippen molar-refractivity contribution < 1.29 is 18.9 Å². The zero-order chi connectivity index (χ0) is 20.8. The van der Waals surface area contributed by atoms with Gasteiger partial charge in [0.2, 0.25) is 0 Å². The fourth-order valence-corrected chi connectivity index (χ4v) is 2.52. The van der Waals surface area contributed by atoms with Crippen LogP contribution in [0.2, 0.25) is 0 Å². The number of ether oxygens (including phenoxy) is 1. The lowest BCUT2D eigenvalue weighted by atomic mass is 10.1. The van der Waals surface area contributed by atoms with Crippen molar-refractivity contribution in [1.29, 1.82) is 5.26 Å². The molecule has 0 radical (unpaired) electrons. The van der Waals surface area contributed by atoms with Crippen molar-refractivity contribution in [2.75, 3.05) is 12.4 Å². The van der Waals surface area contributed by atoms with Crippen LogP contribution in [-0.4, -0.2) is 17.9 Å². The van der Waals surface area contributed by atoms with E-state index in [1.807, 2.05) is 6.07 Å². The summed E-state index contributed by atoms with van der Waals surface area (Å²) in [6.07, 6.45) is 1.32. The minimum absolute atomic E-state index is 0.0265. The first-order valence-corrected chi connectivity index (χ1v) is 8.42. The van der Waals surface area contributed by atoms with Crippen LogP contribution < -0.4 is 10.1 Å². The smallest absolute Gasteiger partial charge is 0.269 e. The minimum Gasteiger partial charge on any atom is -0.497 e. The van der Waals surface area contributed by atoms with Crippen molar-refractivity contribution in [3.63, 3.8) is 0 Å². The maximum atomic E-state index is 12.4. The number of hydrogen-bond acceptors (Lipinski definition) is 6. The molecular formula is C21H15N3O5. The molecule has 0 aliphatic carbocycles. The molecule has 0 aliphatic heterocycles. The largest absolute Gasteiger partial charge is 0.497 e. The lowest BCUT2D eigenvalue weighted by Gasteiger charge is -2.06. The summed E-state index contributed by atoms with van der Waals surface area (Å²) in [4.78, 5) is 22.6. The number of nitro groups is 1. The molecule has 8 heteroatoms. The molecule has 3 aromatic rings. The van der Waals surface area contributed by atoms with E-state index in [2.05, 4.69) is 5.32 Å². The average molecular weight is 389 g/mol. The molecule has 0 bridgehead atoms. The van der Waals surface area contributed by atoms with E-state index in [-0.39, 0.29) is 11.3 Å². The Kier molecular flexibility index (Phi) is 5.71. The normalized spacial score (nSPS) is 10.8. The molecule has 1 N–H and O–H groups in total. The van der Waals surface area contributed by atoms with Crippen molar-refractivity contribution >= 4 is 23.4 Å². The molecule has 0 saturated heterocycles. The molecule has 0 unspecified atom stereocenters. The highest BCUT2D eigenvalue weighted by Gasteiger charge is 2.12. The van der Waals surface area contributed by atoms with Gasteiger partial charge in [-0.25, -0.2) is 0 Å². The molecule has 0 aliphatic rings. The van der Waals surface area contributed by atoms with Gasteiger partial charge in [0.15, 0.2) is 0 Å². The summed E-state index contributed by atoms with van der Waals surface area (Å²) in [5.41, 5.74) is 0.954. The van der Waals surface area contributed by atoms with Gasteiger partial charge in [-0.3, -0.25) is 14.9 Å². The van der Waals surface area contributed by atoms with Crippen LogP contribution in [0.1, 0.15) is 5.76 Å². The van der Waals surface area contributed by atoms with Crippen molar-refractivity contribution in [2.24, 2.45) is 0 Å². The van der Waals surface area contributed by atoms with Gasteiger partial charge in [0.1, 0.15) is 28.9 Å². The van der Waals surface area contributed by atoms with Crippen LogP contribution in [0, 0.1) is 21.4 Å². The number of anilines is 1.